The van der Waals surface area contributed by atoms with Crippen LogP contribution >= 0.6 is 23.7 Å². The molecule has 204 valence electrons. The summed E-state index contributed by atoms with van der Waals surface area (Å²) in [5, 5.41) is 0.545. The van der Waals surface area contributed by atoms with Gasteiger partial charge in [0.25, 0.3) is 5.91 Å². The second kappa shape index (κ2) is 12.7. The Morgan fingerprint density at radius 3 is 2.21 bits per heavy atom. The van der Waals surface area contributed by atoms with Crippen LogP contribution in [-0.2, 0) is 10.0 Å². The largest absolute Gasteiger partial charge is 0.486 e. The van der Waals surface area contributed by atoms with E-state index in [9.17, 15) is 13.2 Å². The number of aromatic nitrogens is 1. The number of sulfonamides is 1. The van der Waals surface area contributed by atoms with Crippen LogP contribution in [0.5, 0.6) is 11.5 Å². The van der Waals surface area contributed by atoms with E-state index in [1.165, 1.54) is 52.1 Å². The molecule has 38 heavy (non-hydrogen) atoms. The van der Waals surface area contributed by atoms with Crippen LogP contribution in [0.1, 0.15) is 10.4 Å². The van der Waals surface area contributed by atoms with E-state index in [1.807, 2.05) is 31.1 Å². The molecule has 0 fully saturated rings. The maximum absolute atomic E-state index is 13.6. The van der Waals surface area contributed by atoms with Crippen LogP contribution in [0.25, 0.3) is 10.2 Å². The highest BCUT2D eigenvalue weighted by Gasteiger charge is 2.26. The Balaban J connectivity index is 0.00000400. The van der Waals surface area contributed by atoms with E-state index in [0.29, 0.717) is 48.5 Å². The summed E-state index contributed by atoms with van der Waals surface area (Å²) in [6, 6.07) is 9.69. The van der Waals surface area contributed by atoms with Gasteiger partial charge in [-0.15, -0.1) is 25.6 Å². The standard InChI is InChI=1S/C26H30N4O5S2.ClH/c1-5-11-29(12-6-2)37(32,33)20-9-7-19(8-10-20)25(31)30(14-13-28(3)4)26-27-21-17-22-23(18-24(21)36-26)35-16-15-34-22;/h5-10,17-18H,1-2,11-16H2,3-4H3;1H. The normalized spacial score (nSPS) is 12.8. The van der Waals surface area contributed by atoms with Crippen LogP contribution in [0.3, 0.4) is 0 Å². The number of fused-ring (bicyclic) bond motifs is 2. The predicted octanol–water partition coefficient (Wildman–Crippen LogP) is 4.06. The van der Waals surface area contributed by atoms with Crippen molar-refractivity contribution in [2.75, 3.05) is 58.4 Å². The van der Waals surface area contributed by atoms with Gasteiger partial charge in [0, 0.05) is 43.9 Å². The number of nitrogens with zero attached hydrogens (tertiary/aromatic N) is 4. The summed E-state index contributed by atoms with van der Waals surface area (Å²) in [7, 11) is 0.102. The van der Waals surface area contributed by atoms with Crippen molar-refractivity contribution in [2.24, 2.45) is 0 Å². The van der Waals surface area contributed by atoms with Crippen molar-refractivity contribution in [2.45, 2.75) is 4.90 Å². The van der Waals surface area contributed by atoms with Gasteiger partial charge in [-0.3, -0.25) is 9.69 Å². The summed E-state index contributed by atoms with van der Waals surface area (Å²) >= 11 is 1.39. The Morgan fingerprint density at radius 1 is 1.03 bits per heavy atom. The molecule has 0 bridgehead atoms. The Labute approximate surface area is 233 Å². The van der Waals surface area contributed by atoms with Gasteiger partial charge in [-0.1, -0.05) is 23.5 Å². The molecule has 12 heteroatoms. The van der Waals surface area contributed by atoms with Gasteiger partial charge in [0.2, 0.25) is 10.0 Å². The van der Waals surface area contributed by atoms with Gasteiger partial charge in [0.15, 0.2) is 16.6 Å². The Bertz CT molecular complexity index is 1350. The first-order valence-corrected chi connectivity index (χ1v) is 14.0. The van der Waals surface area contributed by atoms with Crippen molar-refractivity contribution in [3.8, 4) is 11.5 Å². The molecule has 0 unspecified atom stereocenters. The second-order valence-electron chi connectivity index (χ2n) is 8.64. The molecular formula is C26H31ClN4O5S2. The number of hydrogen-bond acceptors (Lipinski definition) is 8. The summed E-state index contributed by atoms with van der Waals surface area (Å²) in [5.41, 5.74) is 1.08. The van der Waals surface area contributed by atoms with Gasteiger partial charge in [-0.25, -0.2) is 13.4 Å². The fraction of sp³-hybridized carbons (Fsp3) is 0.308. The van der Waals surface area contributed by atoms with Gasteiger partial charge in [-0.05, 0) is 38.4 Å². The number of likely N-dealkylation sites (N-methyl/N-ethyl adjacent to an activating group) is 1. The first kappa shape index (κ1) is 29.6. The van der Waals surface area contributed by atoms with E-state index in [1.54, 1.807) is 4.90 Å². The molecule has 2 aromatic carbocycles. The van der Waals surface area contributed by atoms with Crippen LogP contribution in [-0.4, -0.2) is 82.0 Å². The number of carbonyl (C=O) groups excluding carboxylic acids is 1. The zero-order valence-electron chi connectivity index (χ0n) is 21.3. The van der Waals surface area contributed by atoms with Crippen molar-refractivity contribution in [3.63, 3.8) is 0 Å². The average molecular weight is 579 g/mol. The molecule has 0 saturated heterocycles. The Hall–Kier alpha value is -2.96. The SMILES string of the molecule is C=CCN(CC=C)S(=O)(=O)c1ccc(C(=O)N(CCN(C)C)c2nc3cc4c(cc3s2)OCCO4)cc1.Cl. The van der Waals surface area contributed by atoms with E-state index in [-0.39, 0.29) is 36.3 Å². The Kier molecular flexibility index (Phi) is 9.91. The smallest absolute Gasteiger partial charge is 0.260 e. The van der Waals surface area contributed by atoms with E-state index in [2.05, 4.69) is 13.2 Å². The van der Waals surface area contributed by atoms with Gasteiger partial charge in [0.1, 0.15) is 13.2 Å². The molecular weight excluding hydrogens is 548 g/mol. The highest BCUT2D eigenvalue weighted by Crippen LogP contribution is 2.39. The zero-order chi connectivity index (χ0) is 26.6. The summed E-state index contributed by atoms with van der Waals surface area (Å²) < 4.78 is 39.6. The van der Waals surface area contributed by atoms with E-state index in [4.69, 9.17) is 14.5 Å². The first-order valence-electron chi connectivity index (χ1n) is 11.7. The lowest BCUT2D eigenvalue weighted by Crippen LogP contribution is -2.36. The van der Waals surface area contributed by atoms with Crippen molar-refractivity contribution in [3.05, 3.63) is 67.3 Å². The molecule has 1 aromatic heterocycles. The lowest BCUT2D eigenvalue weighted by atomic mass is 10.2. The monoisotopic (exact) mass is 578 g/mol. The van der Waals surface area contributed by atoms with Crippen LogP contribution in [0.15, 0.2) is 66.6 Å². The number of carbonyl (C=O) groups is 1. The van der Waals surface area contributed by atoms with Gasteiger partial charge in [0.05, 0.1) is 15.1 Å². The van der Waals surface area contributed by atoms with Crippen LogP contribution in [0.4, 0.5) is 5.13 Å². The van der Waals surface area contributed by atoms with Gasteiger partial charge < -0.3 is 14.4 Å². The molecule has 0 radical (unpaired) electrons. The van der Waals surface area contributed by atoms with Crippen LogP contribution in [0, 0.1) is 0 Å². The second-order valence-corrected chi connectivity index (χ2v) is 11.6. The van der Waals surface area contributed by atoms with Crippen molar-refractivity contribution < 1.29 is 22.7 Å². The summed E-state index contributed by atoms with van der Waals surface area (Å²) in [6.45, 7) is 9.57. The maximum Gasteiger partial charge on any atom is 0.260 e. The molecule has 0 aliphatic carbocycles. The Morgan fingerprint density at radius 2 is 1.63 bits per heavy atom. The molecule has 0 N–H and O–H groups in total. The molecule has 9 nitrogen and oxygen atoms in total. The number of rotatable bonds is 11. The number of anilines is 1. The lowest BCUT2D eigenvalue weighted by molar-refractivity contribution is 0.0985. The van der Waals surface area contributed by atoms with Crippen molar-refractivity contribution in [1.82, 2.24) is 14.2 Å². The molecule has 0 saturated carbocycles. The third kappa shape index (κ3) is 6.36. The molecule has 1 aliphatic rings. The van der Waals surface area contributed by atoms with E-state index in [0.717, 1.165) is 10.2 Å². The van der Waals surface area contributed by atoms with Crippen LogP contribution < -0.4 is 14.4 Å². The quantitative estimate of drug-likeness (QED) is 0.317. The average Bonchev–Trinajstić information content (AvgIpc) is 3.29. The van der Waals surface area contributed by atoms with Gasteiger partial charge >= 0.3 is 0 Å². The number of ether oxygens (including phenoxy) is 2. The third-order valence-electron chi connectivity index (χ3n) is 5.69. The number of thiazole rings is 1. The number of benzene rings is 2. The van der Waals surface area contributed by atoms with E-state index < -0.39 is 10.0 Å². The molecule has 3 aromatic rings. The topological polar surface area (TPSA) is 92.3 Å². The molecule has 2 heterocycles. The zero-order valence-corrected chi connectivity index (χ0v) is 23.8. The summed E-state index contributed by atoms with van der Waals surface area (Å²) in [5.74, 6) is 1.04. The minimum absolute atomic E-state index is 0. The molecule has 1 aliphatic heterocycles. The minimum atomic E-state index is -3.76. The lowest BCUT2D eigenvalue weighted by Gasteiger charge is -2.22. The van der Waals surface area contributed by atoms with E-state index >= 15 is 0 Å². The number of amides is 1. The first-order chi connectivity index (χ1) is 17.7. The highest BCUT2D eigenvalue weighted by molar-refractivity contribution is 7.89. The third-order valence-corrected chi connectivity index (χ3v) is 8.58. The van der Waals surface area contributed by atoms with Crippen molar-refractivity contribution >= 4 is 55.0 Å². The minimum Gasteiger partial charge on any atom is -0.486 e. The van der Waals surface area contributed by atoms with Crippen molar-refractivity contribution in [1.29, 1.82) is 0 Å². The molecule has 1 amide bonds. The number of hydrogen-bond donors (Lipinski definition) is 0. The summed E-state index contributed by atoms with van der Waals surface area (Å²) in [6.07, 6.45) is 3.04. The molecule has 0 spiro atoms. The molecule has 4 rings (SSSR count). The highest BCUT2D eigenvalue weighted by atomic mass is 35.5. The maximum atomic E-state index is 13.6. The fourth-order valence-corrected chi connectivity index (χ4v) is 6.17. The van der Waals surface area contributed by atoms with Gasteiger partial charge in [-0.2, -0.15) is 4.31 Å². The summed E-state index contributed by atoms with van der Waals surface area (Å²) in [4.78, 5) is 22.0. The van der Waals surface area contributed by atoms with Crippen LogP contribution in [0.2, 0.25) is 0 Å². The predicted molar refractivity (Wildman–Crippen MR) is 154 cm³/mol. The fourth-order valence-electron chi connectivity index (χ4n) is 3.79. The number of halogens is 1. The molecule has 0 atom stereocenters.